The minimum atomic E-state index is -0.444. The SMILES string of the molecule is CC1CCN(C2N=CC=C(OCC34C=CC=CC3=C(NC(=O)c3cc(F)cc(N5CCOCC5)c3)C=CC4)N2)CC1. The number of fused-ring (bicyclic) bond motifs is 1. The van der Waals surface area contributed by atoms with Crippen LogP contribution in [0.3, 0.4) is 0 Å². The highest BCUT2D eigenvalue weighted by atomic mass is 19.1. The Labute approximate surface area is 241 Å². The Hall–Kier alpha value is -3.69. The first kappa shape index (κ1) is 27.5. The van der Waals surface area contributed by atoms with Crippen molar-refractivity contribution in [2.45, 2.75) is 32.5 Å². The van der Waals surface area contributed by atoms with Crippen LogP contribution in [0.5, 0.6) is 0 Å². The van der Waals surface area contributed by atoms with Gasteiger partial charge in [0.15, 0.2) is 12.2 Å². The molecule has 2 N–H and O–H groups in total. The number of benzene rings is 1. The number of carbonyl (C=O) groups excluding carboxylic acids is 1. The fourth-order valence-corrected chi connectivity index (χ4v) is 6.02. The molecule has 0 aromatic heterocycles. The normalized spacial score (nSPS) is 26.4. The van der Waals surface area contributed by atoms with E-state index in [1.54, 1.807) is 6.07 Å². The number of hydrogen-bond donors (Lipinski definition) is 2. The van der Waals surface area contributed by atoms with E-state index in [0.29, 0.717) is 50.2 Å². The average molecular weight is 560 g/mol. The highest BCUT2D eigenvalue weighted by Crippen LogP contribution is 2.42. The van der Waals surface area contributed by atoms with Gasteiger partial charge in [0.25, 0.3) is 5.91 Å². The molecule has 41 heavy (non-hydrogen) atoms. The second kappa shape index (κ2) is 12.0. The lowest BCUT2D eigenvalue weighted by Crippen LogP contribution is -2.49. The van der Waals surface area contributed by atoms with Crippen molar-refractivity contribution < 1.29 is 18.7 Å². The molecule has 3 heterocycles. The van der Waals surface area contributed by atoms with Gasteiger partial charge in [0.05, 0.1) is 18.6 Å². The highest BCUT2D eigenvalue weighted by Gasteiger charge is 2.37. The van der Waals surface area contributed by atoms with Crippen molar-refractivity contribution in [2.24, 2.45) is 16.3 Å². The molecule has 216 valence electrons. The number of allylic oxidation sites excluding steroid dienone is 6. The summed E-state index contributed by atoms with van der Waals surface area (Å²) < 4.78 is 26.3. The summed E-state index contributed by atoms with van der Waals surface area (Å²) in [5.41, 5.74) is 2.18. The molecule has 5 aliphatic rings. The lowest BCUT2D eigenvalue weighted by atomic mass is 9.72. The first-order chi connectivity index (χ1) is 20.0. The maximum Gasteiger partial charge on any atom is 0.255 e. The Morgan fingerprint density at radius 3 is 2.83 bits per heavy atom. The smallest absolute Gasteiger partial charge is 0.255 e. The fraction of sp³-hybridized carbons (Fsp3) is 0.438. The molecule has 0 radical (unpaired) electrons. The molecule has 1 aromatic carbocycles. The molecular weight excluding hydrogens is 521 g/mol. The summed E-state index contributed by atoms with van der Waals surface area (Å²) in [5.74, 6) is 0.656. The minimum absolute atomic E-state index is 0.119. The average Bonchev–Trinajstić information content (AvgIpc) is 3.01. The predicted octanol–water partition coefficient (Wildman–Crippen LogP) is 4.27. The molecule has 9 heteroatoms. The van der Waals surface area contributed by atoms with Gasteiger partial charge in [-0.3, -0.25) is 14.7 Å². The zero-order valence-corrected chi connectivity index (χ0v) is 23.5. The molecule has 2 unspecified atom stereocenters. The molecule has 0 spiro atoms. The van der Waals surface area contributed by atoms with Crippen LogP contribution in [0.25, 0.3) is 0 Å². The lowest BCUT2D eigenvalue weighted by Gasteiger charge is -2.38. The van der Waals surface area contributed by atoms with Gasteiger partial charge in [-0.1, -0.05) is 37.3 Å². The molecule has 2 fully saturated rings. The number of hydrogen-bond acceptors (Lipinski definition) is 7. The van der Waals surface area contributed by atoms with Crippen LogP contribution in [0.4, 0.5) is 10.1 Å². The second-order valence-corrected chi connectivity index (χ2v) is 11.4. The maximum absolute atomic E-state index is 14.6. The molecule has 2 aliphatic carbocycles. The summed E-state index contributed by atoms with van der Waals surface area (Å²) in [5, 5.41) is 6.50. The summed E-state index contributed by atoms with van der Waals surface area (Å²) in [7, 11) is 0. The summed E-state index contributed by atoms with van der Waals surface area (Å²) in [6.45, 7) is 7.22. The molecule has 1 amide bonds. The van der Waals surface area contributed by atoms with Gasteiger partial charge in [-0.25, -0.2) is 4.39 Å². The van der Waals surface area contributed by atoms with E-state index in [1.165, 1.54) is 25.0 Å². The number of halogens is 1. The van der Waals surface area contributed by atoms with Crippen molar-refractivity contribution >= 4 is 17.8 Å². The minimum Gasteiger partial charge on any atom is -0.478 e. The zero-order chi connectivity index (χ0) is 28.2. The first-order valence-corrected chi connectivity index (χ1v) is 14.6. The standard InChI is InChI=1S/C32H38FN5O3/c1-23-8-13-38(14-9-23)31-34-12-7-29(36-31)41-22-32-10-3-2-5-27(32)28(6-4-11-32)35-30(39)24-19-25(33)21-26(20-24)37-15-17-40-18-16-37/h2-7,10,12,19-21,23,31,36H,8-9,11,13-18,22H2,1H3,(H,35,39). The Morgan fingerprint density at radius 2 is 2.00 bits per heavy atom. The number of amides is 1. The Balaban J connectivity index is 1.16. The van der Waals surface area contributed by atoms with E-state index in [4.69, 9.17) is 9.47 Å². The summed E-state index contributed by atoms with van der Waals surface area (Å²) in [6, 6.07) is 4.50. The van der Waals surface area contributed by atoms with Gasteiger partial charge in [-0.15, -0.1) is 0 Å². The number of rotatable bonds is 7. The number of nitrogens with one attached hydrogen (secondary N) is 2. The Morgan fingerprint density at radius 1 is 1.17 bits per heavy atom. The zero-order valence-electron chi connectivity index (χ0n) is 23.5. The van der Waals surface area contributed by atoms with E-state index in [1.807, 2.05) is 41.5 Å². The van der Waals surface area contributed by atoms with E-state index in [0.717, 1.165) is 31.0 Å². The first-order valence-electron chi connectivity index (χ1n) is 14.6. The third kappa shape index (κ3) is 6.16. The van der Waals surface area contributed by atoms with Crippen molar-refractivity contribution in [1.82, 2.24) is 15.5 Å². The van der Waals surface area contributed by atoms with E-state index in [9.17, 15) is 9.18 Å². The molecule has 3 aliphatic heterocycles. The number of aliphatic imine (C=N–C) groups is 1. The van der Waals surface area contributed by atoms with E-state index < -0.39 is 11.2 Å². The highest BCUT2D eigenvalue weighted by molar-refractivity contribution is 5.96. The van der Waals surface area contributed by atoms with Gasteiger partial charge >= 0.3 is 0 Å². The third-order valence-electron chi connectivity index (χ3n) is 8.53. The van der Waals surface area contributed by atoms with Gasteiger partial charge in [-0.05, 0) is 55.0 Å². The van der Waals surface area contributed by atoms with Gasteiger partial charge in [-0.2, -0.15) is 0 Å². The van der Waals surface area contributed by atoms with Crippen LogP contribution in [0, 0.1) is 17.2 Å². The van der Waals surface area contributed by atoms with Crippen LogP contribution >= 0.6 is 0 Å². The van der Waals surface area contributed by atoms with Crippen LogP contribution in [-0.4, -0.2) is 69.3 Å². The summed E-state index contributed by atoms with van der Waals surface area (Å²) in [4.78, 5) is 22.4. The summed E-state index contributed by atoms with van der Waals surface area (Å²) in [6.07, 6.45) is 18.8. The number of nitrogens with zero attached hydrogens (tertiary/aromatic N) is 3. The predicted molar refractivity (Wildman–Crippen MR) is 158 cm³/mol. The number of morpholine rings is 1. The largest absolute Gasteiger partial charge is 0.478 e. The van der Waals surface area contributed by atoms with E-state index >= 15 is 0 Å². The number of piperidine rings is 1. The fourth-order valence-electron chi connectivity index (χ4n) is 6.02. The van der Waals surface area contributed by atoms with E-state index in [2.05, 4.69) is 39.6 Å². The Kier molecular flexibility index (Phi) is 8.07. The second-order valence-electron chi connectivity index (χ2n) is 11.4. The molecule has 6 rings (SSSR count). The van der Waals surface area contributed by atoms with Crippen LogP contribution in [-0.2, 0) is 9.47 Å². The van der Waals surface area contributed by atoms with Gasteiger partial charge in [0.1, 0.15) is 12.4 Å². The topological polar surface area (TPSA) is 78.4 Å². The summed E-state index contributed by atoms with van der Waals surface area (Å²) >= 11 is 0. The van der Waals surface area contributed by atoms with Gasteiger partial charge in [0, 0.05) is 55.4 Å². The van der Waals surface area contributed by atoms with Crippen molar-refractivity contribution in [2.75, 3.05) is 50.9 Å². The molecule has 8 nitrogen and oxygen atoms in total. The van der Waals surface area contributed by atoms with Crippen molar-refractivity contribution in [3.05, 3.63) is 89.3 Å². The van der Waals surface area contributed by atoms with Gasteiger partial charge < -0.3 is 25.0 Å². The van der Waals surface area contributed by atoms with Crippen molar-refractivity contribution in [3.8, 4) is 0 Å². The van der Waals surface area contributed by atoms with Crippen LogP contribution in [0.15, 0.2) is 82.9 Å². The molecular formula is C32H38FN5O3. The molecule has 2 atom stereocenters. The monoisotopic (exact) mass is 559 g/mol. The number of likely N-dealkylation sites (tertiary alicyclic amines) is 1. The third-order valence-corrected chi connectivity index (χ3v) is 8.53. The maximum atomic E-state index is 14.6. The number of ether oxygens (including phenoxy) is 2. The quantitative estimate of drug-likeness (QED) is 0.520. The van der Waals surface area contributed by atoms with Crippen LogP contribution in [0.2, 0.25) is 0 Å². The van der Waals surface area contributed by atoms with Crippen molar-refractivity contribution in [3.63, 3.8) is 0 Å². The van der Waals surface area contributed by atoms with E-state index in [-0.39, 0.29) is 17.8 Å². The number of anilines is 1. The molecule has 0 saturated carbocycles. The lowest BCUT2D eigenvalue weighted by molar-refractivity contribution is 0.0808. The molecule has 0 bridgehead atoms. The molecule has 2 saturated heterocycles. The number of carbonyl (C=O) groups is 1. The van der Waals surface area contributed by atoms with Gasteiger partial charge in [0.2, 0.25) is 0 Å². The Bertz CT molecular complexity index is 1330. The van der Waals surface area contributed by atoms with Crippen LogP contribution in [0.1, 0.15) is 36.5 Å². The van der Waals surface area contributed by atoms with Crippen LogP contribution < -0.4 is 15.5 Å². The molecule has 1 aromatic rings. The van der Waals surface area contributed by atoms with Crippen molar-refractivity contribution in [1.29, 1.82) is 0 Å².